The summed E-state index contributed by atoms with van der Waals surface area (Å²) in [6.45, 7) is -0.269. The van der Waals surface area contributed by atoms with Gasteiger partial charge in [-0.25, -0.2) is 4.79 Å². The summed E-state index contributed by atoms with van der Waals surface area (Å²) in [5.41, 5.74) is 6.74. The highest BCUT2D eigenvalue weighted by molar-refractivity contribution is 6.00. The molecule has 0 aliphatic heterocycles. The number of nitrogens with zero attached hydrogens (tertiary/aromatic N) is 1. The summed E-state index contributed by atoms with van der Waals surface area (Å²) in [4.78, 5) is 26.7. The Morgan fingerprint density at radius 3 is 2.29 bits per heavy atom. The van der Waals surface area contributed by atoms with Gasteiger partial charge in [-0.15, -0.1) is 0 Å². The van der Waals surface area contributed by atoms with Gasteiger partial charge in [-0.05, 0) is 59.0 Å². The number of fused-ring (bicyclic) bond motifs is 3. The van der Waals surface area contributed by atoms with E-state index in [1.54, 1.807) is 12.1 Å². The first-order valence-corrected chi connectivity index (χ1v) is 9.22. The molecule has 3 aromatic carbocycles. The summed E-state index contributed by atoms with van der Waals surface area (Å²) < 4.78 is 5.23. The molecule has 0 N–H and O–H groups in total. The van der Waals surface area contributed by atoms with Crippen LogP contribution in [-0.2, 0) is 11.2 Å². The molecule has 0 heterocycles. The van der Waals surface area contributed by atoms with E-state index in [9.17, 15) is 9.59 Å². The molecule has 0 unspecified atom stereocenters. The first kappa shape index (κ1) is 18.0. The first-order valence-electron chi connectivity index (χ1n) is 9.22. The van der Waals surface area contributed by atoms with Gasteiger partial charge in [-0.3, -0.25) is 4.79 Å². The third-order valence-electron chi connectivity index (χ3n) is 5.07. The fourth-order valence-corrected chi connectivity index (χ4v) is 3.49. The Balaban J connectivity index is 1.44. The highest BCUT2D eigenvalue weighted by Crippen LogP contribution is 2.36. The van der Waals surface area contributed by atoms with E-state index < -0.39 is 5.97 Å². The molecule has 0 saturated carbocycles. The van der Waals surface area contributed by atoms with Crippen molar-refractivity contribution in [3.05, 3.63) is 89.0 Å². The highest BCUT2D eigenvalue weighted by atomic mass is 16.5. The number of anilines is 1. The van der Waals surface area contributed by atoms with Crippen molar-refractivity contribution in [3.8, 4) is 11.1 Å². The van der Waals surface area contributed by atoms with E-state index in [-0.39, 0.29) is 12.4 Å². The Bertz CT molecular complexity index is 1050. The molecule has 0 aromatic heterocycles. The van der Waals surface area contributed by atoms with Crippen molar-refractivity contribution in [1.82, 2.24) is 0 Å². The lowest BCUT2D eigenvalue weighted by Gasteiger charge is -2.12. The van der Waals surface area contributed by atoms with E-state index in [1.165, 1.54) is 16.7 Å². The molecule has 1 aliphatic carbocycles. The van der Waals surface area contributed by atoms with Crippen LogP contribution in [0.25, 0.3) is 11.1 Å². The maximum atomic E-state index is 12.6. The monoisotopic (exact) mass is 371 g/mol. The number of ketones is 1. The number of carbonyl (C=O) groups is 2. The Morgan fingerprint density at radius 1 is 0.857 bits per heavy atom. The molecule has 28 heavy (non-hydrogen) atoms. The normalized spacial score (nSPS) is 11.5. The Hall–Kier alpha value is -3.40. The topological polar surface area (TPSA) is 46.6 Å². The lowest BCUT2D eigenvalue weighted by Crippen LogP contribution is -2.15. The van der Waals surface area contributed by atoms with Crippen LogP contribution in [-0.4, -0.2) is 32.5 Å². The molecule has 4 heteroatoms. The average Bonchev–Trinajstić information content (AvgIpc) is 3.09. The number of benzene rings is 3. The number of Topliss-reactive ketones (excluding diaryl/α,β-unsaturated/α-hetero) is 1. The predicted molar refractivity (Wildman–Crippen MR) is 110 cm³/mol. The molecule has 0 radical (unpaired) electrons. The third kappa shape index (κ3) is 3.41. The van der Waals surface area contributed by atoms with E-state index in [4.69, 9.17) is 4.74 Å². The molecule has 140 valence electrons. The fourth-order valence-electron chi connectivity index (χ4n) is 3.49. The second-order valence-corrected chi connectivity index (χ2v) is 7.15. The lowest BCUT2D eigenvalue weighted by molar-refractivity contribution is 0.0475. The zero-order valence-corrected chi connectivity index (χ0v) is 15.9. The lowest BCUT2D eigenvalue weighted by atomic mass is 10.0. The van der Waals surface area contributed by atoms with Crippen molar-refractivity contribution >= 4 is 17.4 Å². The number of esters is 1. The van der Waals surface area contributed by atoms with Gasteiger partial charge in [0.15, 0.2) is 12.4 Å². The van der Waals surface area contributed by atoms with Crippen molar-refractivity contribution in [2.24, 2.45) is 0 Å². The van der Waals surface area contributed by atoms with Crippen LogP contribution in [0.5, 0.6) is 0 Å². The number of rotatable bonds is 5. The molecule has 1 aliphatic rings. The molecule has 0 atom stereocenters. The summed E-state index contributed by atoms with van der Waals surface area (Å²) in [5.74, 6) is -0.699. The summed E-state index contributed by atoms with van der Waals surface area (Å²) in [5, 5.41) is 0. The van der Waals surface area contributed by atoms with Crippen LogP contribution >= 0.6 is 0 Å². The molecule has 0 bridgehead atoms. The third-order valence-corrected chi connectivity index (χ3v) is 5.07. The quantitative estimate of drug-likeness (QED) is 0.386. The molecular weight excluding hydrogens is 350 g/mol. The molecule has 0 spiro atoms. The minimum atomic E-state index is -0.495. The van der Waals surface area contributed by atoms with Crippen molar-refractivity contribution < 1.29 is 14.3 Å². The van der Waals surface area contributed by atoms with Crippen LogP contribution in [0.1, 0.15) is 31.8 Å². The zero-order valence-electron chi connectivity index (χ0n) is 15.9. The Kier molecular flexibility index (Phi) is 4.70. The van der Waals surface area contributed by atoms with Gasteiger partial charge in [-0.2, -0.15) is 0 Å². The number of ether oxygens (including phenoxy) is 1. The maximum absolute atomic E-state index is 12.6. The Labute approximate surface area is 164 Å². The van der Waals surface area contributed by atoms with Gasteiger partial charge in [0.2, 0.25) is 0 Å². The van der Waals surface area contributed by atoms with Crippen molar-refractivity contribution in [2.75, 3.05) is 25.6 Å². The summed E-state index contributed by atoms with van der Waals surface area (Å²) in [7, 11) is 3.86. The van der Waals surface area contributed by atoms with Crippen LogP contribution in [0, 0.1) is 0 Å². The molecule has 0 saturated heterocycles. The number of carbonyl (C=O) groups excluding carboxylic acids is 2. The summed E-state index contributed by atoms with van der Waals surface area (Å²) >= 11 is 0. The van der Waals surface area contributed by atoms with E-state index in [2.05, 4.69) is 12.1 Å². The van der Waals surface area contributed by atoms with Crippen LogP contribution in [0.4, 0.5) is 5.69 Å². The number of hydrogen-bond donors (Lipinski definition) is 0. The average molecular weight is 371 g/mol. The van der Waals surface area contributed by atoms with Gasteiger partial charge < -0.3 is 9.64 Å². The smallest absolute Gasteiger partial charge is 0.338 e. The molecule has 4 rings (SSSR count). The van der Waals surface area contributed by atoms with Gasteiger partial charge >= 0.3 is 5.97 Å². The van der Waals surface area contributed by atoms with E-state index in [1.807, 2.05) is 61.5 Å². The van der Waals surface area contributed by atoms with Gasteiger partial charge in [0.25, 0.3) is 0 Å². The molecule has 4 nitrogen and oxygen atoms in total. The molecule has 0 fully saturated rings. The fraction of sp³-hybridized carbons (Fsp3) is 0.167. The standard InChI is InChI=1S/C24H21NO3/c1-25(2)20-11-9-16(10-12-20)24(27)28-15-23(26)19-8-7-18-13-17-5-3-4-6-21(17)22(18)14-19/h3-12,14H,13,15H2,1-2H3. The largest absolute Gasteiger partial charge is 0.454 e. The van der Waals surface area contributed by atoms with Crippen molar-refractivity contribution in [3.63, 3.8) is 0 Å². The van der Waals surface area contributed by atoms with E-state index in [0.717, 1.165) is 17.7 Å². The van der Waals surface area contributed by atoms with Crippen LogP contribution in [0.2, 0.25) is 0 Å². The van der Waals surface area contributed by atoms with E-state index >= 15 is 0 Å². The second-order valence-electron chi connectivity index (χ2n) is 7.15. The molecular formula is C24H21NO3. The minimum Gasteiger partial charge on any atom is -0.454 e. The first-order chi connectivity index (χ1) is 13.5. The molecule has 3 aromatic rings. The van der Waals surface area contributed by atoms with Gasteiger partial charge in [0, 0.05) is 25.3 Å². The van der Waals surface area contributed by atoms with Gasteiger partial charge in [0.1, 0.15) is 0 Å². The predicted octanol–water partition coefficient (Wildman–Crippen LogP) is 4.36. The Morgan fingerprint density at radius 2 is 1.54 bits per heavy atom. The van der Waals surface area contributed by atoms with Gasteiger partial charge in [0.05, 0.1) is 5.56 Å². The maximum Gasteiger partial charge on any atom is 0.338 e. The second kappa shape index (κ2) is 7.31. The van der Waals surface area contributed by atoms with Crippen LogP contribution in [0.15, 0.2) is 66.7 Å². The van der Waals surface area contributed by atoms with E-state index in [0.29, 0.717) is 11.1 Å². The number of hydrogen-bond acceptors (Lipinski definition) is 4. The zero-order chi connectivity index (χ0) is 19.7. The van der Waals surface area contributed by atoms with Crippen molar-refractivity contribution in [1.29, 1.82) is 0 Å². The van der Waals surface area contributed by atoms with Gasteiger partial charge in [-0.1, -0.05) is 36.4 Å². The summed E-state index contributed by atoms with van der Waals surface area (Å²) in [6, 6.07) is 21.0. The minimum absolute atomic E-state index is 0.203. The SMILES string of the molecule is CN(C)c1ccc(C(=O)OCC(=O)c2ccc3c(c2)-c2ccccc2C3)cc1. The summed E-state index contributed by atoms with van der Waals surface area (Å²) in [6.07, 6.45) is 0.887. The molecule has 0 amide bonds. The van der Waals surface area contributed by atoms with Crippen molar-refractivity contribution in [2.45, 2.75) is 6.42 Å². The highest BCUT2D eigenvalue weighted by Gasteiger charge is 2.20. The van der Waals surface area contributed by atoms with Crippen LogP contribution in [0.3, 0.4) is 0 Å². The van der Waals surface area contributed by atoms with Crippen LogP contribution < -0.4 is 4.90 Å².